The molecule has 0 unspecified atom stereocenters. The molecule has 0 saturated heterocycles. The Morgan fingerprint density at radius 3 is 2.59 bits per heavy atom. The largest absolute Gasteiger partial charge is 0.331 e. The highest BCUT2D eigenvalue weighted by Gasteiger charge is 2.08. The molecule has 2 heterocycles. The number of rotatable bonds is 5. The van der Waals surface area contributed by atoms with Gasteiger partial charge in [-0.3, -0.25) is 0 Å². The molecule has 4 nitrogen and oxygen atoms in total. The van der Waals surface area contributed by atoms with E-state index in [4.69, 9.17) is 4.98 Å². The molecular weight excluding hydrogens is 352 g/mol. The highest BCUT2D eigenvalue weighted by molar-refractivity contribution is 7.14. The number of anilines is 2. The maximum absolute atomic E-state index is 4.77. The fourth-order valence-electron chi connectivity index (χ4n) is 2.93. The minimum Gasteiger partial charge on any atom is -0.331 e. The van der Waals surface area contributed by atoms with E-state index in [0.717, 1.165) is 27.8 Å². The summed E-state index contributed by atoms with van der Waals surface area (Å²) in [4.78, 5) is 8.86. The van der Waals surface area contributed by atoms with Gasteiger partial charge in [0.1, 0.15) is 0 Å². The number of aryl methyl sites for hydroxylation is 1. The van der Waals surface area contributed by atoms with Crippen molar-refractivity contribution in [1.29, 1.82) is 0 Å². The summed E-state index contributed by atoms with van der Waals surface area (Å²) in [6, 6.07) is 14.9. The maximum Gasteiger partial charge on any atom is 0.187 e. The van der Waals surface area contributed by atoms with Crippen LogP contribution < -0.4 is 5.32 Å². The van der Waals surface area contributed by atoms with Crippen LogP contribution in [0.3, 0.4) is 0 Å². The summed E-state index contributed by atoms with van der Waals surface area (Å²) in [5.41, 5.74) is 6.85. The van der Waals surface area contributed by atoms with Crippen LogP contribution in [0.25, 0.3) is 16.9 Å². The fraction of sp³-hybridized carbons (Fsp3) is 0.182. The second-order valence-electron chi connectivity index (χ2n) is 6.91. The van der Waals surface area contributed by atoms with Gasteiger partial charge in [0.25, 0.3) is 0 Å². The van der Waals surface area contributed by atoms with Gasteiger partial charge < -0.3 is 9.88 Å². The molecule has 0 fully saturated rings. The third-order valence-electron chi connectivity index (χ3n) is 4.64. The van der Waals surface area contributed by atoms with E-state index in [1.165, 1.54) is 11.1 Å². The maximum atomic E-state index is 4.77. The predicted octanol–water partition coefficient (Wildman–Crippen LogP) is 6.17. The van der Waals surface area contributed by atoms with Gasteiger partial charge in [-0.05, 0) is 42.2 Å². The molecule has 27 heavy (non-hydrogen) atoms. The van der Waals surface area contributed by atoms with E-state index >= 15 is 0 Å². The first-order valence-electron chi connectivity index (χ1n) is 9.02. The number of hydrogen-bond donors (Lipinski definition) is 1. The van der Waals surface area contributed by atoms with E-state index in [1.807, 2.05) is 10.8 Å². The molecule has 136 valence electrons. The van der Waals surface area contributed by atoms with Gasteiger partial charge in [0.05, 0.1) is 12.0 Å². The van der Waals surface area contributed by atoms with Crippen LogP contribution in [0.5, 0.6) is 0 Å². The zero-order chi connectivity index (χ0) is 18.8. The zero-order valence-corrected chi connectivity index (χ0v) is 16.5. The topological polar surface area (TPSA) is 42.7 Å². The van der Waals surface area contributed by atoms with Crippen molar-refractivity contribution in [1.82, 2.24) is 14.5 Å². The number of aromatic nitrogens is 3. The van der Waals surface area contributed by atoms with Crippen molar-refractivity contribution in [2.75, 3.05) is 5.32 Å². The van der Waals surface area contributed by atoms with Gasteiger partial charge in [-0.1, -0.05) is 38.1 Å². The fourth-order valence-corrected chi connectivity index (χ4v) is 3.66. The second kappa shape index (κ2) is 7.37. The molecule has 5 heteroatoms. The quantitative estimate of drug-likeness (QED) is 0.454. The normalized spacial score (nSPS) is 11.1. The van der Waals surface area contributed by atoms with Crippen molar-refractivity contribution < 1.29 is 0 Å². The Balaban J connectivity index is 1.55. The minimum absolute atomic E-state index is 0.506. The number of hydrogen-bond acceptors (Lipinski definition) is 4. The predicted molar refractivity (Wildman–Crippen MR) is 113 cm³/mol. The summed E-state index contributed by atoms with van der Waals surface area (Å²) >= 11 is 1.63. The van der Waals surface area contributed by atoms with Crippen LogP contribution in [0, 0.1) is 6.92 Å². The van der Waals surface area contributed by atoms with Gasteiger partial charge in [0.15, 0.2) is 5.13 Å². The molecular formula is C22H22N4S. The van der Waals surface area contributed by atoms with E-state index in [1.54, 1.807) is 23.9 Å². The van der Waals surface area contributed by atoms with Crippen molar-refractivity contribution in [3.63, 3.8) is 0 Å². The standard InChI is InChI=1S/C22H22N4S/c1-15(2)18-5-4-16(3)20(12-18)24-22-25-21(13-27-22)17-6-8-19(9-7-17)26-11-10-23-14-26/h4-15H,1-3H3,(H,24,25). The lowest BCUT2D eigenvalue weighted by Gasteiger charge is -2.11. The summed E-state index contributed by atoms with van der Waals surface area (Å²) < 4.78 is 1.99. The number of benzene rings is 2. The van der Waals surface area contributed by atoms with Crippen LogP contribution in [0.2, 0.25) is 0 Å². The lowest BCUT2D eigenvalue weighted by molar-refractivity contribution is 0.866. The molecule has 2 aromatic heterocycles. The highest BCUT2D eigenvalue weighted by atomic mass is 32.1. The second-order valence-corrected chi connectivity index (χ2v) is 7.77. The monoisotopic (exact) mass is 374 g/mol. The average molecular weight is 375 g/mol. The number of thiazole rings is 1. The molecule has 0 aliphatic carbocycles. The minimum atomic E-state index is 0.506. The molecule has 0 aliphatic heterocycles. The first-order chi connectivity index (χ1) is 13.1. The van der Waals surface area contributed by atoms with E-state index in [9.17, 15) is 0 Å². The molecule has 0 aliphatic rings. The Hall–Kier alpha value is -2.92. The van der Waals surface area contributed by atoms with Crippen molar-refractivity contribution in [3.8, 4) is 16.9 Å². The van der Waals surface area contributed by atoms with Crippen LogP contribution in [-0.2, 0) is 0 Å². The molecule has 0 atom stereocenters. The lowest BCUT2D eigenvalue weighted by Crippen LogP contribution is -1.96. The summed E-state index contributed by atoms with van der Waals surface area (Å²) in [6.07, 6.45) is 5.52. The Labute approximate surface area is 163 Å². The zero-order valence-electron chi connectivity index (χ0n) is 15.7. The molecule has 1 N–H and O–H groups in total. The van der Waals surface area contributed by atoms with Gasteiger partial charge in [0.2, 0.25) is 0 Å². The van der Waals surface area contributed by atoms with Crippen LogP contribution in [0.4, 0.5) is 10.8 Å². The van der Waals surface area contributed by atoms with Gasteiger partial charge in [0, 0.05) is 34.7 Å². The Bertz CT molecular complexity index is 1030. The smallest absolute Gasteiger partial charge is 0.187 e. The Kier molecular flexibility index (Phi) is 4.77. The van der Waals surface area contributed by atoms with E-state index < -0.39 is 0 Å². The van der Waals surface area contributed by atoms with Crippen LogP contribution in [0.1, 0.15) is 30.9 Å². The van der Waals surface area contributed by atoms with Gasteiger partial charge in [-0.2, -0.15) is 0 Å². The van der Waals surface area contributed by atoms with Crippen molar-refractivity contribution in [3.05, 3.63) is 77.7 Å². The lowest BCUT2D eigenvalue weighted by atomic mass is 10.0. The average Bonchev–Trinajstić information content (AvgIpc) is 3.35. The molecule has 4 aromatic rings. The van der Waals surface area contributed by atoms with E-state index in [0.29, 0.717) is 5.92 Å². The van der Waals surface area contributed by atoms with Gasteiger partial charge >= 0.3 is 0 Å². The van der Waals surface area contributed by atoms with E-state index in [2.05, 4.69) is 78.9 Å². The molecule has 0 spiro atoms. The first kappa shape index (κ1) is 17.5. The molecule has 0 saturated carbocycles. The van der Waals surface area contributed by atoms with Gasteiger partial charge in [-0.15, -0.1) is 11.3 Å². The van der Waals surface area contributed by atoms with Crippen molar-refractivity contribution in [2.24, 2.45) is 0 Å². The van der Waals surface area contributed by atoms with Crippen LogP contribution >= 0.6 is 11.3 Å². The summed E-state index contributed by atoms with van der Waals surface area (Å²) in [5.74, 6) is 0.506. The Morgan fingerprint density at radius 2 is 1.89 bits per heavy atom. The van der Waals surface area contributed by atoms with Crippen molar-refractivity contribution in [2.45, 2.75) is 26.7 Å². The first-order valence-corrected chi connectivity index (χ1v) is 9.90. The third kappa shape index (κ3) is 3.78. The summed E-state index contributed by atoms with van der Waals surface area (Å²) in [5, 5.41) is 6.49. The SMILES string of the molecule is Cc1ccc(C(C)C)cc1Nc1nc(-c2ccc(-n3ccnc3)cc2)cs1. The van der Waals surface area contributed by atoms with Crippen LogP contribution in [0.15, 0.2) is 66.6 Å². The third-order valence-corrected chi connectivity index (χ3v) is 5.40. The molecule has 4 rings (SSSR count). The molecule has 2 aromatic carbocycles. The highest BCUT2D eigenvalue weighted by Crippen LogP contribution is 2.30. The van der Waals surface area contributed by atoms with Crippen molar-refractivity contribution >= 4 is 22.2 Å². The summed E-state index contributed by atoms with van der Waals surface area (Å²) in [6.45, 7) is 6.54. The molecule has 0 bridgehead atoms. The van der Waals surface area contributed by atoms with Crippen LogP contribution in [-0.4, -0.2) is 14.5 Å². The number of nitrogens with one attached hydrogen (secondary N) is 1. The number of nitrogens with zero attached hydrogens (tertiary/aromatic N) is 3. The molecule has 0 radical (unpaired) electrons. The Morgan fingerprint density at radius 1 is 1.07 bits per heavy atom. The van der Waals surface area contributed by atoms with Gasteiger partial charge in [-0.25, -0.2) is 9.97 Å². The number of imidazole rings is 1. The summed E-state index contributed by atoms with van der Waals surface area (Å²) in [7, 11) is 0. The van der Waals surface area contributed by atoms with E-state index in [-0.39, 0.29) is 0 Å². The molecule has 0 amide bonds.